The maximum Gasteiger partial charge on any atom is 0.150 e. The molecule has 3 rings (SSSR count). The van der Waals surface area contributed by atoms with E-state index in [4.69, 9.17) is 9.47 Å². The zero-order valence-electron chi connectivity index (χ0n) is 15.1. The summed E-state index contributed by atoms with van der Waals surface area (Å²) in [5.41, 5.74) is 4.77. The normalized spacial score (nSPS) is 11.2. The van der Waals surface area contributed by atoms with E-state index in [1.54, 1.807) is 7.11 Å². The van der Waals surface area contributed by atoms with Gasteiger partial charge in [0.25, 0.3) is 0 Å². The highest BCUT2D eigenvalue weighted by molar-refractivity contribution is 5.93. The van der Waals surface area contributed by atoms with Gasteiger partial charge in [-0.2, -0.15) is 0 Å². The molecule has 3 aromatic rings. The second kappa shape index (κ2) is 8.14. The molecule has 0 amide bonds. The van der Waals surface area contributed by atoms with Gasteiger partial charge < -0.3 is 19.4 Å². The first-order chi connectivity index (χ1) is 12.2. The minimum absolute atomic E-state index is 0.491. The quantitative estimate of drug-likeness (QED) is 0.633. The molecule has 0 saturated heterocycles. The highest BCUT2D eigenvalue weighted by Crippen LogP contribution is 2.29. The third kappa shape index (κ3) is 3.83. The summed E-state index contributed by atoms with van der Waals surface area (Å²) in [5.74, 6) is 0.882. The molecule has 2 aromatic heterocycles. The van der Waals surface area contributed by atoms with Crippen molar-refractivity contribution in [3.05, 3.63) is 59.4 Å². The number of aromatic nitrogens is 2. The minimum atomic E-state index is 0.491. The molecule has 5 nitrogen and oxygen atoms in total. The molecular weight excluding hydrogens is 314 g/mol. The molecule has 1 aromatic carbocycles. The average Bonchev–Trinajstić information content (AvgIpc) is 2.90. The standard InChI is InChI=1S/C20H25N3O2/c1-15-16(2)23(14-25-12-11-24-3)19-18(15)9-10-21-20(19)22-13-17-7-5-4-6-8-17/h4-10H,11-14H2,1-3H3,(H,21,22). The topological polar surface area (TPSA) is 48.3 Å². The largest absolute Gasteiger partial charge is 0.382 e. The maximum absolute atomic E-state index is 5.76. The smallest absolute Gasteiger partial charge is 0.150 e. The van der Waals surface area contributed by atoms with Crippen molar-refractivity contribution in [1.29, 1.82) is 0 Å². The molecule has 0 aliphatic heterocycles. The number of benzene rings is 1. The van der Waals surface area contributed by atoms with Crippen LogP contribution in [0.25, 0.3) is 10.9 Å². The lowest BCUT2D eigenvalue weighted by Crippen LogP contribution is -2.10. The number of nitrogens with one attached hydrogen (secondary N) is 1. The molecule has 0 aliphatic rings. The number of rotatable bonds is 8. The van der Waals surface area contributed by atoms with Crippen molar-refractivity contribution in [1.82, 2.24) is 9.55 Å². The zero-order chi connectivity index (χ0) is 17.6. The van der Waals surface area contributed by atoms with E-state index < -0.39 is 0 Å². The Labute approximate surface area is 148 Å². The van der Waals surface area contributed by atoms with E-state index >= 15 is 0 Å². The Bertz CT molecular complexity index is 828. The number of anilines is 1. The van der Waals surface area contributed by atoms with Crippen LogP contribution in [0.3, 0.4) is 0 Å². The fourth-order valence-electron chi connectivity index (χ4n) is 2.97. The number of hydrogen-bond donors (Lipinski definition) is 1. The van der Waals surface area contributed by atoms with Crippen LogP contribution in [0.15, 0.2) is 42.6 Å². The Hall–Kier alpha value is -2.37. The van der Waals surface area contributed by atoms with Crippen LogP contribution in [0.5, 0.6) is 0 Å². The molecule has 25 heavy (non-hydrogen) atoms. The molecule has 0 atom stereocenters. The third-order valence-corrected chi connectivity index (χ3v) is 4.50. The first-order valence-corrected chi connectivity index (χ1v) is 8.51. The molecule has 0 fully saturated rings. The van der Waals surface area contributed by atoms with Crippen LogP contribution in [-0.4, -0.2) is 29.9 Å². The van der Waals surface area contributed by atoms with Crippen molar-refractivity contribution >= 4 is 16.7 Å². The Morgan fingerprint density at radius 1 is 1.08 bits per heavy atom. The lowest BCUT2D eigenvalue weighted by atomic mass is 10.2. The van der Waals surface area contributed by atoms with E-state index in [-0.39, 0.29) is 0 Å². The summed E-state index contributed by atoms with van der Waals surface area (Å²) in [6.45, 7) is 6.66. The number of aryl methyl sites for hydroxylation is 1. The van der Waals surface area contributed by atoms with Gasteiger partial charge in [-0.3, -0.25) is 0 Å². The first kappa shape index (κ1) is 17.5. The fraction of sp³-hybridized carbons (Fsp3) is 0.350. The van der Waals surface area contributed by atoms with Gasteiger partial charge >= 0.3 is 0 Å². The van der Waals surface area contributed by atoms with Crippen LogP contribution in [0, 0.1) is 13.8 Å². The van der Waals surface area contributed by atoms with Gasteiger partial charge in [-0.1, -0.05) is 30.3 Å². The van der Waals surface area contributed by atoms with Crippen molar-refractivity contribution in [2.75, 3.05) is 25.6 Å². The van der Waals surface area contributed by atoms with Crippen LogP contribution in [0.1, 0.15) is 16.8 Å². The van der Waals surface area contributed by atoms with E-state index in [1.165, 1.54) is 22.2 Å². The summed E-state index contributed by atoms with van der Waals surface area (Å²) >= 11 is 0. The van der Waals surface area contributed by atoms with E-state index in [1.807, 2.05) is 24.4 Å². The zero-order valence-corrected chi connectivity index (χ0v) is 15.1. The second-order valence-corrected chi connectivity index (χ2v) is 6.06. The number of methoxy groups -OCH3 is 1. The van der Waals surface area contributed by atoms with E-state index in [0.29, 0.717) is 19.9 Å². The molecule has 132 valence electrons. The molecule has 0 unspecified atom stereocenters. The Kier molecular flexibility index (Phi) is 5.68. The predicted molar refractivity (Wildman–Crippen MR) is 101 cm³/mol. The van der Waals surface area contributed by atoms with Gasteiger partial charge in [-0.15, -0.1) is 0 Å². The van der Waals surface area contributed by atoms with Crippen molar-refractivity contribution in [3.63, 3.8) is 0 Å². The lowest BCUT2D eigenvalue weighted by molar-refractivity contribution is 0.0353. The summed E-state index contributed by atoms with van der Waals surface area (Å²) < 4.78 is 13.0. The van der Waals surface area contributed by atoms with Gasteiger partial charge in [0.15, 0.2) is 5.82 Å². The van der Waals surface area contributed by atoms with Gasteiger partial charge in [0, 0.05) is 30.9 Å². The average molecular weight is 339 g/mol. The van der Waals surface area contributed by atoms with E-state index in [9.17, 15) is 0 Å². The summed E-state index contributed by atoms with van der Waals surface area (Å²) in [5, 5.41) is 4.68. The molecular formula is C20H25N3O2. The molecule has 0 saturated carbocycles. The predicted octanol–water partition coefficient (Wildman–Crippen LogP) is 3.89. The maximum atomic E-state index is 5.76. The monoisotopic (exact) mass is 339 g/mol. The van der Waals surface area contributed by atoms with Crippen LogP contribution in [0.2, 0.25) is 0 Å². The molecule has 1 N–H and O–H groups in total. The van der Waals surface area contributed by atoms with Crippen molar-refractivity contribution in [2.45, 2.75) is 27.1 Å². The van der Waals surface area contributed by atoms with Crippen LogP contribution >= 0.6 is 0 Å². The number of nitrogens with zero attached hydrogens (tertiary/aromatic N) is 2. The Morgan fingerprint density at radius 3 is 2.64 bits per heavy atom. The van der Waals surface area contributed by atoms with Crippen LogP contribution in [0.4, 0.5) is 5.82 Å². The highest BCUT2D eigenvalue weighted by atomic mass is 16.5. The van der Waals surface area contributed by atoms with Gasteiger partial charge in [0.2, 0.25) is 0 Å². The highest BCUT2D eigenvalue weighted by Gasteiger charge is 2.15. The Morgan fingerprint density at radius 2 is 1.88 bits per heavy atom. The third-order valence-electron chi connectivity index (χ3n) is 4.50. The summed E-state index contributed by atoms with van der Waals surface area (Å²) in [6.07, 6.45) is 1.86. The summed E-state index contributed by atoms with van der Waals surface area (Å²) in [6, 6.07) is 12.4. The number of fused-ring (bicyclic) bond motifs is 1. The Balaban J connectivity index is 1.88. The SMILES string of the molecule is COCCOCn1c(C)c(C)c2ccnc(NCc3ccccc3)c21. The van der Waals surface area contributed by atoms with Gasteiger partial charge in [-0.25, -0.2) is 4.98 Å². The van der Waals surface area contributed by atoms with Crippen LogP contribution < -0.4 is 5.32 Å². The van der Waals surface area contributed by atoms with Crippen molar-refractivity contribution in [2.24, 2.45) is 0 Å². The van der Waals surface area contributed by atoms with Crippen molar-refractivity contribution < 1.29 is 9.47 Å². The number of hydrogen-bond acceptors (Lipinski definition) is 4. The molecule has 2 heterocycles. The van der Waals surface area contributed by atoms with E-state index in [0.717, 1.165) is 17.9 Å². The first-order valence-electron chi connectivity index (χ1n) is 8.51. The number of ether oxygens (including phenoxy) is 2. The van der Waals surface area contributed by atoms with Crippen LogP contribution in [-0.2, 0) is 22.7 Å². The summed E-state index contributed by atoms with van der Waals surface area (Å²) in [7, 11) is 1.68. The van der Waals surface area contributed by atoms with Gasteiger partial charge in [0.05, 0.1) is 18.7 Å². The fourth-order valence-corrected chi connectivity index (χ4v) is 2.97. The molecule has 0 spiro atoms. The van der Waals surface area contributed by atoms with Gasteiger partial charge in [0.1, 0.15) is 6.73 Å². The minimum Gasteiger partial charge on any atom is -0.382 e. The van der Waals surface area contributed by atoms with Crippen molar-refractivity contribution in [3.8, 4) is 0 Å². The van der Waals surface area contributed by atoms with E-state index in [2.05, 4.69) is 46.9 Å². The lowest BCUT2D eigenvalue weighted by Gasteiger charge is -2.13. The molecule has 0 bridgehead atoms. The molecule has 0 radical (unpaired) electrons. The summed E-state index contributed by atoms with van der Waals surface area (Å²) in [4.78, 5) is 4.57. The second-order valence-electron chi connectivity index (χ2n) is 6.06. The number of pyridine rings is 1. The molecule has 0 aliphatic carbocycles. The van der Waals surface area contributed by atoms with Gasteiger partial charge in [-0.05, 0) is 31.0 Å². The molecule has 5 heteroatoms.